The summed E-state index contributed by atoms with van der Waals surface area (Å²) in [5, 5.41) is 3.86. The van der Waals surface area contributed by atoms with E-state index in [1.54, 1.807) is 19.1 Å². The predicted molar refractivity (Wildman–Crippen MR) is 140 cm³/mol. The fraction of sp³-hybridized carbons (Fsp3) is 0.276. The number of hydrogen-bond donors (Lipinski definition) is 2. The van der Waals surface area contributed by atoms with E-state index in [0.29, 0.717) is 16.7 Å². The van der Waals surface area contributed by atoms with Crippen LogP contribution < -0.4 is 10.9 Å². The van der Waals surface area contributed by atoms with Gasteiger partial charge in [-0.05, 0) is 82.0 Å². The summed E-state index contributed by atoms with van der Waals surface area (Å²) < 4.78 is 2.17. The Bertz CT molecular complexity index is 1510. The predicted octanol–water partition coefficient (Wildman–Crippen LogP) is 5.64. The highest BCUT2D eigenvalue weighted by atomic mass is 16.2. The van der Waals surface area contributed by atoms with Crippen molar-refractivity contribution in [3.63, 3.8) is 0 Å². The van der Waals surface area contributed by atoms with E-state index in [-0.39, 0.29) is 29.8 Å². The zero-order chi connectivity index (χ0) is 25.4. The molecule has 0 bridgehead atoms. The third kappa shape index (κ3) is 4.69. The number of Topliss-reactive ketones (excluding diaryl/α,β-unsaturated/α-hetero) is 1. The molecule has 6 heteroatoms. The molecule has 35 heavy (non-hydrogen) atoms. The Kier molecular flexibility index (Phi) is 6.48. The molecule has 0 saturated heterocycles. The first-order valence-electron chi connectivity index (χ1n) is 11.8. The molecule has 0 aliphatic carbocycles. The number of nitrogens with one attached hydrogen (secondary N) is 2. The minimum atomic E-state index is -0.235. The monoisotopic (exact) mass is 469 g/mol. The lowest BCUT2D eigenvalue weighted by Crippen LogP contribution is -2.28. The maximum Gasteiger partial charge on any atom is 0.253 e. The van der Waals surface area contributed by atoms with Crippen molar-refractivity contribution in [2.75, 3.05) is 0 Å². The van der Waals surface area contributed by atoms with Gasteiger partial charge in [0.1, 0.15) is 0 Å². The summed E-state index contributed by atoms with van der Waals surface area (Å²) in [4.78, 5) is 40.5. The summed E-state index contributed by atoms with van der Waals surface area (Å²) >= 11 is 0. The molecule has 2 N–H and O–H groups in total. The first-order valence-corrected chi connectivity index (χ1v) is 11.8. The van der Waals surface area contributed by atoms with E-state index in [9.17, 15) is 14.4 Å². The van der Waals surface area contributed by atoms with E-state index in [0.717, 1.165) is 38.9 Å². The molecule has 0 spiro atoms. The summed E-state index contributed by atoms with van der Waals surface area (Å²) in [5.74, 6) is -0.223. The third-order valence-electron chi connectivity index (χ3n) is 6.47. The molecule has 4 aromatic rings. The van der Waals surface area contributed by atoms with Crippen LogP contribution in [0.25, 0.3) is 22.0 Å². The lowest BCUT2D eigenvalue weighted by atomic mass is 9.97. The van der Waals surface area contributed by atoms with Crippen molar-refractivity contribution in [2.45, 2.75) is 54.1 Å². The van der Waals surface area contributed by atoms with Crippen LogP contribution in [0, 0.1) is 20.8 Å². The van der Waals surface area contributed by atoms with E-state index in [2.05, 4.69) is 41.0 Å². The molecule has 2 aromatic heterocycles. The zero-order valence-corrected chi connectivity index (χ0v) is 21.1. The molecule has 4 rings (SSSR count). The molecular weight excluding hydrogens is 438 g/mol. The van der Waals surface area contributed by atoms with Gasteiger partial charge in [0, 0.05) is 52.1 Å². The van der Waals surface area contributed by atoms with Crippen LogP contribution in [-0.4, -0.2) is 21.2 Å². The highest BCUT2D eigenvalue weighted by Gasteiger charge is 2.19. The van der Waals surface area contributed by atoms with Gasteiger partial charge in [-0.2, -0.15) is 0 Å². The van der Waals surface area contributed by atoms with Crippen molar-refractivity contribution >= 4 is 22.6 Å². The van der Waals surface area contributed by atoms with E-state index >= 15 is 0 Å². The number of nitrogens with zero attached hydrogens (tertiary/aromatic N) is 1. The van der Waals surface area contributed by atoms with Crippen LogP contribution in [-0.2, 0) is 6.54 Å². The molecule has 0 aliphatic heterocycles. The van der Waals surface area contributed by atoms with Gasteiger partial charge < -0.3 is 14.9 Å². The molecule has 0 aliphatic rings. The molecule has 0 atom stereocenters. The molecular formula is C29H31N3O3. The highest BCUT2D eigenvalue weighted by molar-refractivity contribution is 6.09. The number of fused-ring (bicyclic) bond motifs is 1. The molecule has 0 radical (unpaired) electrons. The van der Waals surface area contributed by atoms with Gasteiger partial charge in [0.25, 0.3) is 11.5 Å². The number of hydrogen-bond acceptors (Lipinski definition) is 3. The third-order valence-corrected chi connectivity index (χ3v) is 6.47. The van der Waals surface area contributed by atoms with Crippen molar-refractivity contribution in [2.24, 2.45) is 0 Å². The van der Waals surface area contributed by atoms with Crippen LogP contribution in [0.5, 0.6) is 0 Å². The fourth-order valence-corrected chi connectivity index (χ4v) is 4.62. The van der Waals surface area contributed by atoms with Crippen molar-refractivity contribution in [3.05, 3.63) is 92.5 Å². The highest BCUT2D eigenvalue weighted by Crippen LogP contribution is 2.33. The molecule has 1 amide bonds. The number of amides is 1. The average Bonchev–Trinajstić information content (AvgIpc) is 3.14. The number of rotatable bonds is 6. The summed E-state index contributed by atoms with van der Waals surface area (Å²) in [6.45, 7) is 11.6. The molecule has 0 saturated carbocycles. The van der Waals surface area contributed by atoms with Crippen LogP contribution in [0.2, 0.25) is 0 Å². The second kappa shape index (κ2) is 9.37. The van der Waals surface area contributed by atoms with E-state index < -0.39 is 0 Å². The molecule has 2 aromatic carbocycles. The van der Waals surface area contributed by atoms with E-state index in [4.69, 9.17) is 0 Å². The Morgan fingerprint density at radius 2 is 1.66 bits per heavy atom. The van der Waals surface area contributed by atoms with Crippen LogP contribution in [0.4, 0.5) is 0 Å². The number of ketones is 1. The van der Waals surface area contributed by atoms with Crippen molar-refractivity contribution in [1.29, 1.82) is 0 Å². The minimum absolute atomic E-state index is 0.0118. The molecule has 6 nitrogen and oxygen atoms in total. The summed E-state index contributed by atoms with van der Waals surface area (Å²) in [7, 11) is 0. The summed E-state index contributed by atoms with van der Waals surface area (Å²) in [6, 6.07) is 13.5. The number of H-pyrrole nitrogens is 1. The standard InChI is InChI=1S/C29H31N3O3/c1-16(2)32-15-18(4)27-24(28(34)30-14-25-17(3)11-19(5)31-29(25)35)12-23(13-26(27)32)22-9-7-21(8-10-22)20(6)33/h7-13,15-16H,14H2,1-6H3,(H,30,34)(H,31,35). The summed E-state index contributed by atoms with van der Waals surface area (Å²) in [5.41, 5.74) is 7.01. The molecule has 0 fully saturated rings. The van der Waals surface area contributed by atoms with Crippen molar-refractivity contribution in [3.8, 4) is 11.1 Å². The topological polar surface area (TPSA) is 84.0 Å². The number of aryl methyl sites for hydroxylation is 3. The van der Waals surface area contributed by atoms with Crippen molar-refractivity contribution < 1.29 is 9.59 Å². The fourth-order valence-electron chi connectivity index (χ4n) is 4.62. The number of carbonyl (C=O) groups excluding carboxylic acids is 2. The first kappa shape index (κ1) is 24.2. The van der Waals surface area contributed by atoms with Gasteiger partial charge in [-0.3, -0.25) is 14.4 Å². The molecule has 2 heterocycles. The number of aromatic amines is 1. The first-order chi connectivity index (χ1) is 16.6. The van der Waals surface area contributed by atoms with Gasteiger partial charge in [-0.15, -0.1) is 0 Å². The zero-order valence-electron chi connectivity index (χ0n) is 21.1. The second-order valence-electron chi connectivity index (χ2n) is 9.49. The minimum Gasteiger partial charge on any atom is -0.348 e. The maximum atomic E-state index is 13.5. The molecule has 180 valence electrons. The van der Waals surface area contributed by atoms with Gasteiger partial charge in [-0.1, -0.05) is 24.3 Å². The van der Waals surface area contributed by atoms with Gasteiger partial charge in [0.05, 0.1) is 0 Å². The van der Waals surface area contributed by atoms with Crippen LogP contribution >= 0.6 is 0 Å². The normalized spacial score (nSPS) is 11.3. The Hall–Kier alpha value is -3.93. The van der Waals surface area contributed by atoms with Crippen molar-refractivity contribution in [1.82, 2.24) is 14.9 Å². The van der Waals surface area contributed by atoms with Gasteiger partial charge in [0.2, 0.25) is 0 Å². The average molecular weight is 470 g/mol. The second-order valence-corrected chi connectivity index (χ2v) is 9.49. The Morgan fingerprint density at radius 1 is 0.971 bits per heavy atom. The number of benzene rings is 2. The SMILES string of the molecule is CC(=O)c1ccc(-c2cc(C(=O)NCc3c(C)cc(C)[nH]c3=O)c3c(C)cn(C(C)C)c3c2)cc1. The largest absolute Gasteiger partial charge is 0.348 e. The Balaban J connectivity index is 1.80. The van der Waals surface area contributed by atoms with Crippen LogP contribution in [0.1, 0.15) is 69.9 Å². The molecule has 0 unspecified atom stereocenters. The number of pyridine rings is 1. The van der Waals surface area contributed by atoms with Gasteiger partial charge in [-0.25, -0.2) is 0 Å². The van der Waals surface area contributed by atoms with E-state index in [1.807, 2.05) is 45.0 Å². The van der Waals surface area contributed by atoms with Gasteiger partial charge >= 0.3 is 0 Å². The summed E-state index contributed by atoms with van der Waals surface area (Å²) in [6.07, 6.45) is 2.07. The van der Waals surface area contributed by atoms with Crippen LogP contribution in [0.15, 0.2) is 53.5 Å². The quantitative estimate of drug-likeness (QED) is 0.359. The Morgan fingerprint density at radius 3 is 2.26 bits per heavy atom. The number of carbonyl (C=O) groups is 2. The van der Waals surface area contributed by atoms with Crippen LogP contribution in [0.3, 0.4) is 0 Å². The van der Waals surface area contributed by atoms with E-state index in [1.165, 1.54) is 0 Å². The maximum absolute atomic E-state index is 13.5. The number of aromatic nitrogens is 2. The lowest BCUT2D eigenvalue weighted by molar-refractivity contribution is 0.0951. The smallest absolute Gasteiger partial charge is 0.253 e. The Labute approximate surface area is 205 Å². The lowest BCUT2D eigenvalue weighted by Gasteiger charge is -2.14. The van der Waals surface area contributed by atoms with Gasteiger partial charge in [0.15, 0.2) is 5.78 Å².